The number of rotatable bonds is 3. The van der Waals surface area contributed by atoms with Crippen molar-refractivity contribution in [3.05, 3.63) is 57.5 Å². The highest BCUT2D eigenvalue weighted by atomic mass is 35.5. The number of aromatic nitrogens is 2. The topological polar surface area (TPSA) is 64.4 Å². The molecule has 2 aromatic rings. The molecule has 1 aliphatic heterocycles. The van der Waals surface area contributed by atoms with Crippen molar-refractivity contribution in [2.45, 2.75) is 18.9 Å². The molecule has 0 saturated carbocycles. The monoisotopic (exact) mass is 347 g/mol. The van der Waals surface area contributed by atoms with Gasteiger partial charge in [-0.1, -0.05) is 17.7 Å². The maximum Gasteiger partial charge on any atom is 0.274 e. The van der Waals surface area contributed by atoms with Crippen LogP contribution in [0.25, 0.3) is 0 Å². The average Bonchev–Trinajstić information content (AvgIpc) is 2.57. The fourth-order valence-corrected chi connectivity index (χ4v) is 2.87. The highest BCUT2D eigenvalue weighted by Gasteiger charge is 2.25. The van der Waals surface area contributed by atoms with E-state index in [0.29, 0.717) is 18.1 Å². The first-order valence-corrected chi connectivity index (χ1v) is 8.16. The summed E-state index contributed by atoms with van der Waals surface area (Å²) in [7, 11) is 1.53. The molecule has 0 N–H and O–H groups in total. The van der Waals surface area contributed by atoms with Crippen molar-refractivity contribution in [3.8, 4) is 5.75 Å². The van der Waals surface area contributed by atoms with Crippen LogP contribution >= 0.6 is 11.6 Å². The number of nitrogens with zero attached hydrogens (tertiary/aromatic N) is 3. The summed E-state index contributed by atoms with van der Waals surface area (Å²) in [4.78, 5) is 25.6. The Kier molecular flexibility index (Phi) is 4.85. The Morgan fingerprint density at radius 3 is 2.67 bits per heavy atom. The van der Waals surface area contributed by atoms with Gasteiger partial charge in [-0.3, -0.25) is 9.59 Å². The molecular weight excluding hydrogens is 330 g/mol. The molecule has 3 rings (SSSR count). The first-order valence-electron chi connectivity index (χ1n) is 7.79. The smallest absolute Gasteiger partial charge is 0.274 e. The van der Waals surface area contributed by atoms with Crippen molar-refractivity contribution in [2.24, 2.45) is 7.05 Å². The van der Waals surface area contributed by atoms with Gasteiger partial charge in [0, 0.05) is 44.1 Å². The maximum atomic E-state index is 12.5. The summed E-state index contributed by atoms with van der Waals surface area (Å²) in [6, 6.07) is 10.1. The predicted octanol–water partition coefficient (Wildman–Crippen LogP) is 2.12. The van der Waals surface area contributed by atoms with Crippen LogP contribution in [0.1, 0.15) is 23.3 Å². The van der Waals surface area contributed by atoms with E-state index >= 15 is 0 Å². The van der Waals surface area contributed by atoms with Crippen molar-refractivity contribution < 1.29 is 9.53 Å². The molecule has 1 amide bonds. The van der Waals surface area contributed by atoms with Crippen molar-refractivity contribution >= 4 is 17.5 Å². The minimum absolute atomic E-state index is 0.0561. The van der Waals surface area contributed by atoms with Crippen LogP contribution in [0.3, 0.4) is 0 Å². The summed E-state index contributed by atoms with van der Waals surface area (Å²) in [6.45, 7) is 1.18. The van der Waals surface area contributed by atoms with Gasteiger partial charge in [0.1, 0.15) is 17.5 Å². The van der Waals surface area contributed by atoms with Crippen LogP contribution in [0, 0.1) is 0 Å². The van der Waals surface area contributed by atoms with Gasteiger partial charge in [-0.25, -0.2) is 4.68 Å². The van der Waals surface area contributed by atoms with Crippen molar-refractivity contribution in [3.63, 3.8) is 0 Å². The molecule has 1 aromatic heterocycles. The Bertz CT molecular complexity index is 798. The summed E-state index contributed by atoms with van der Waals surface area (Å²) in [5.74, 6) is 0.582. The number of halogens is 1. The van der Waals surface area contributed by atoms with Crippen molar-refractivity contribution in [2.75, 3.05) is 13.1 Å². The first kappa shape index (κ1) is 16.5. The Balaban J connectivity index is 1.59. The second kappa shape index (κ2) is 7.05. The van der Waals surface area contributed by atoms with Gasteiger partial charge >= 0.3 is 0 Å². The molecule has 24 heavy (non-hydrogen) atoms. The lowest BCUT2D eigenvalue weighted by Crippen LogP contribution is -2.42. The molecule has 7 heteroatoms. The zero-order chi connectivity index (χ0) is 17.1. The first-order chi connectivity index (χ1) is 11.5. The van der Waals surface area contributed by atoms with E-state index in [4.69, 9.17) is 16.3 Å². The van der Waals surface area contributed by atoms with Gasteiger partial charge < -0.3 is 9.64 Å². The average molecular weight is 348 g/mol. The molecule has 2 heterocycles. The van der Waals surface area contributed by atoms with E-state index in [1.54, 1.807) is 17.0 Å². The van der Waals surface area contributed by atoms with E-state index in [1.807, 2.05) is 12.1 Å². The van der Waals surface area contributed by atoms with E-state index < -0.39 is 0 Å². The number of aryl methyl sites for hydroxylation is 1. The van der Waals surface area contributed by atoms with Crippen LogP contribution in [0.2, 0.25) is 5.02 Å². The molecular formula is C17H18ClN3O3. The molecule has 1 aliphatic rings. The Morgan fingerprint density at radius 2 is 2.00 bits per heavy atom. The van der Waals surface area contributed by atoms with Crippen LogP contribution in [0.5, 0.6) is 5.75 Å². The zero-order valence-corrected chi connectivity index (χ0v) is 14.1. The van der Waals surface area contributed by atoms with Gasteiger partial charge in [0.2, 0.25) is 0 Å². The quantitative estimate of drug-likeness (QED) is 0.853. The van der Waals surface area contributed by atoms with Crippen LogP contribution in [0.4, 0.5) is 0 Å². The Labute approximate surface area is 144 Å². The fourth-order valence-electron chi connectivity index (χ4n) is 2.69. The molecule has 0 bridgehead atoms. The van der Waals surface area contributed by atoms with Crippen molar-refractivity contribution in [1.29, 1.82) is 0 Å². The summed E-state index contributed by atoms with van der Waals surface area (Å²) < 4.78 is 7.09. The number of ether oxygens (including phenoxy) is 1. The molecule has 0 atom stereocenters. The highest BCUT2D eigenvalue weighted by Crippen LogP contribution is 2.22. The number of benzene rings is 1. The van der Waals surface area contributed by atoms with Crippen LogP contribution < -0.4 is 10.3 Å². The van der Waals surface area contributed by atoms with Crippen LogP contribution in [0.15, 0.2) is 41.2 Å². The van der Waals surface area contributed by atoms with Gasteiger partial charge in [0.25, 0.3) is 11.5 Å². The van der Waals surface area contributed by atoms with E-state index in [0.717, 1.165) is 18.6 Å². The normalized spacial score (nSPS) is 15.3. The molecule has 1 fully saturated rings. The zero-order valence-electron chi connectivity index (χ0n) is 13.3. The van der Waals surface area contributed by atoms with E-state index in [-0.39, 0.29) is 23.3 Å². The third kappa shape index (κ3) is 3.76. The third-order valence-electron chi connectivity index (χ3n) is 4.01. The summed E-state index contributed by atoms with van der Waals surface area (Å²) >= 11 is 5.95. The number of hydrogen-bond acceptors (Lipinski definition) is 4. The lowest BCUT2D eigenvalue weighted by atomic mass is 10.1. The number of piperidine rings is 1. The van der Waals surface area contributed by atoms with Gasteiger partial charge in [0.05, 0.1) is 0 Å². The number of likely N-dealkylation sites (tertiary alicyclic amines) is 1. The van der Waals surface area contributed by atoms with Crippen LogP contribution in [-0.2, 0) is 7.05 Å². The van der Waals surface area contributed by atoms with E-state index in [2.05, 4.69) is 5.10 Å². The largest absolute Gasteiger partial charge is 0.490 e. The minimum atomic E-state index is -0.236. The van der Waals surface area contributed by atoms with Gasteiger partial charge in [-0.15, -0.1) is 0 Å². The van der Waals surface area contributed by atoms with E-state index in [1.165, 1.54) is 23.9 Å². The third-order valence-corrected chi connectivity index (χ3v) is 4.24. The van der Waals surface area contributed by atoms with Crippen molar-refractivity contribution in [1.82, 2.24) is 14.7 Å². The van der Waals surface area contributed by atoms with E-state index in [9.17, 15) is 9.59 Å². The molecule has 0 unspecified atom stereocenters. The van der Waals surface area contributed by atoms with Gasteiger partial charge in [0.15, 0.2) is 0 Å². The molecule has 0 aliphatic carbocycles. The van der Waals surface area contributed by atoms with Crippen LogP contribution in [-0.4, -0.2) is 39.8 Å². The summed E-state index contributed by atoms with van der Waals surface area (Å²) in [5.41, 5.74) is 0.0477. The lowest BCUT2D eigenvalue weighted by molar-refractivity contribution is 0.0588. The lowest BCUT2D eigenvalue weighted by Gasteiger charge is -2.32. The number of carbonyl (C=O) groups excluding carboxylic acids is 1. The number of hydrogen-bond donors (Lipinski definition) is 0. The van der Waals surface area contributed by atoms with Gasteiger partial charge in [-0.05, 0) is 24.3 Å². The predicted molar refractivity (Wildman–Crippen MR) is 90.5 cm³/mol. The standard InChI is InChI=1S/C17H18ClN3O3/c1-20-16(22)6-5-15(19-20)17(23)21-9-7-13(8-10-21)24-14-4-2-3-12(18)11-14/h2-6,11,13H,7-10H2,1H3. The molecule has 0 spiro atoms. The van der Waals surface area contributed by atoms with Gasteiger partial charge in [-0.2, -0.15) is 5.10 Å². The number of carbonyl (C=O) groups is 1. The molecule has 126 valence electrons. The Hall–Kier alpha value is -2.34. The fraction of sp³-hybridized carbons (Fsp3) is 0.353. The molecule has 6 nitrogen and oxygen atoms in total. The minimum Gasteiger partial charge on any atom is -0.490 e. The SMILES string of the molecule is Cn1nc(C(=O)N2CCC(Oc3cccc(Cl)c3)CC2)ccc1=O. The summed E-state index contributed by atoms with van der Waals surface area (Å²) in [6.07, 6.45) is 1.54. The molecule has 0 radical (unpaired) electrons. The summed E-state index contributed by atoms with van der Waals surface area (Å²) in [5, 5.41) is 4.65. The second-order valence-corrected chi connectivity index (χ2v) is 6.18. The highest BCUT2D eigenvalue weighted by molar-refractivity contribution is 6.30. The molecule has 1 aromatic carbocycles. The Morgan fingerprint density at radius 1 is 1.25 bits per heavy atom. The molecule has 1 saturated heterocycles. The maximum absolute atomic E-state index is 12.5. The second-order valence-electron chi connectivity index (χ2n) is 5.75. The number of amides is 1.